The number of aliphatic carboxylic acids is 1. The third kappa shape index (κ3) is 9.32. The molecular weight excluding hydrogens is 692 g/mol. The molecule has 1 saturated heterocycles. The highest BCUT2D eigenvalue weighted by molar-refractivity contribution is 5.82. The third-order valence-corrected chi connectivity index (χ3v) is 8.65. The molecule has 278 valence electrons. The van der Waals surface area contributed by atoms with Gasteiger partial charge in [0.25, 0.3) is 5.56 Å². The number of carboxylic acid groups (broad SMARTS) is 1. The topological polar surface area (TPSA) is 105 Å². The quantitative estimate of drug-likeness (QED) is 0.192. The first-order chi connectivity index (χ1) is 23.6. The fraction of sp³-hybridized carbons (Fsp3) is 0.486. The van der Waals surface area contributed by atoms with Crippen molar-refractivity contribution in [3.8, 4) is 11.1 Å². The summed E-state index contributed by atoms with van der Waals surface area (Å²) in [4.78, 5) is 40.6. The van der Waals surface area contributed by atoms with Gasteiger partial charge < -0.3 is 10.4 Å². The molecule has 8 nitrogen and oxygen atoms in total. The molecular formula is C35H38F8N4O4. The normalized spacial score (nSPS) is 15.5. The third-order valence-electron chi connectivity index (χ3n) is 8.65. The summed E-state index contributed by atoms with van der Waals surface area (Å²) < 4.78 is 114. The van der Waals surface area contributed by atoms with Crippen LogP contribution in [0.5, 0.6) is 0 Å². The Morgan fingerprint density at radius 3 is 2.06 bits per heavy atom. The second-order valence-corrected chi connectivity index (χ2v) is 13.4. The predicted octanol–water partition coefficient (Wildman–Crippen LogP) is 7.13. The Hall–Kier alpha value is -4.34. The number of halogens is 8. The van der Waals surface area contributed by atoms with Gasteiger partial charge in [0.15, 0.2) is 0 Å². The fourth-order valence-electron chi connectivity index (χ4n) is 6.45. The van der Waals surface area contributed by atoms with Gasteiger partial charge in [-0.3, -0.25) is 19.3 Å². The Bertz CT molecular complexity index is 1830. The molecule has 0 saturated carbocycles. The van der Waals surface area contributed by atoms with Crippen LogP contribution in [0.2, 0.25) is 0 Å². The second-order valence-electron chi connectivity index (χ2n) is 13.4. The summed E-state index contributed by atoms with van der Waals surface area (Å²) in [5, 5.41) is 15.9. The Morgan fingerprint density at radius 2 is 1.55 bits per heavy atom. The molecule has 0 radical (unpaired) electrons. The number of hydrogen-bond donors (Lipinski definition) is 2. The molecule has 2 aromatic carbocycles. The van der Waals surface area contributed by atoms with E-state index in [0.717, 1.165) is 11.6 Å². The van der Waals surface area contributed by atoms with Crippen molar-refractivity contribution in [3.05, 3.63) is 85.6 Å². The molecule has 0 bridgehead atoms. The van der Waals surface area contributed by atoms with Crippen molar-refractivity contribution in [3.63, 3.8) is 0 Å². The number of carbonyl (C=O) groups is 2. The van der Waals surface area contributed by atoms with Gasteiger partial charge in [-0.2, -0.15) is 31.4 Å². The fourth-order valence-corrected chi connectivity index (χ4v) is 6.45. The Kier molecular flexibility index (Phi) is 11.7. The van der Waals surface area contributed by atoms with E-state index in [9.17, 15) is 50.2 Å². The van der Waals surface area contributed by atoms with E-state index < -0.39 is 88.6 Å². The standard InChI is InChI=1S/C35H38F8N4O4/c1-17(2)8-28(47-29(48)13-24(34(38,39)40)26(45-47)6-7-46-15-22(36)16-46)33(51)44-27(14-30(49)50)23-11-21(12-25(32(23)37)35(41,42)43)31-19(4)9-18(3)10-20(31)5/h9-13,17,22,27-28H,6-8,14-16H2,1-5H3,(H,44,51)(H,49,50)/t27-,28-/m0/s1. The van der Waals surface area contributed by atoms with Gasteiger partial charge in [-0.1, -0.05) is 31.5 Å². The summed E-state index contributed by atoms with van der Waals surface area (Å²) in [6.45, 7) is 8.27. The largest absolute Gasteiger partial charge is 0.481 e. The summed E-state index contributed by atoms with van der Waals surface area (Å²) in [6, 6.07) is 1.72. The number of amides is 1. The Labute approximate surface area is 288 Å². The second kappa shape index (κ2) is 15.1. The first kappa shape index (κ1) is 39.4. The predicted molar refractivity (Wildman–Crippen MR) is 171 cm³/mol. The molecule has 1 aliphatic heterocycles. The van der Waals surface area contributed by atoms with Crippen LogP contribution < -0.4 is 10.9 Å². The molecule has 4 rings (SSSR count). The van der Waals surface area contributed by atoms with E-state index in [1.807, 2.05) is 0 Å². The number of aromatic nitrogens is 2. The lowest BCUT2D eigenvalue weighted by Crippen LogP contribution is -2.49. The Balaban J connectivity index is 1.83. The van der Waals surface area contributed by atoms with Crippen LogP contribution in [0.4, 0.5) is 35.1 Å². The van der Waals surface area contributed by atoms with E-state index in [2.05, 4.69) is 10.4 Å². The van der Waals surface area contributed by atoms with E-state index in [0.29, 0.717) is 27.4 Å². The zero-order valence-corrected chi connectivity index (χ0v) is 28.5. The van der Waals surface area contributed by atoms with Gasteiger partial charge in [0.05, 0.1) is 29.3 Å². The summed E-state index contributed by atoms with van der Waals surface area (Å²) >= 11 is 0. The van der Waals surface area contributed by atoms with Gasteiger partial charge in [0.2, 0.25) is 5.91 Å². The molecule has 1 fully saturated rings. The van der Waals surface area contributed by atoms with Crippen LogP contribution >= 0.6 is 0 Å². The number of nitrogens with zero attached hydrogens (tertiary/aromatic N) is 3. The van der Waals surface area contributed by atoms with Gasteiger partial charge >= 0.3 is 18.3 Å². The number of rotatable bonds is 12. The number of likely N-dealkylation sites (tertiary alicyclic amines) is 1. The number of carboxylic acids is 1. The highest BCUT2D eigenvalue weighted by atomic mass is 19.4. The molecule has 51 heavy (non-hydrogen) atoms. The van der Waals surface area contributed by atoms with Gasteiger partial charge in [0.1, 0.15) is 18.0 Å². The first-order valence-electron chi connectivity index (χ1n) is 16.1. The molecule has 1 amide bonds. The molecule has 2 atom stereocenters. The van der Waals surface area contributed by atoms with Crippen molar-refractivity contribution in [1.29, 1.82) is 0 Å². The first-order valence-corrected chi connectivity index (χ1v) is 16.1. The van der Waals surface area contributed by atoms with Crippen molar-refractivity contribution < 1.29 is 49.8 Å². The van der Waals surface area contributed by atoms with E-state index in [1.54, 1.807) is 46.8 Å². The van der Waals surface area contributed by atoms with Gasteiger partial charge in [-0.15, -0.1) is 0 Å². The summed E-state index contributed by atoms with van der Waals surface area (Å²) in [5.41, 5.74) is -3.64. The lowest BCUT2D eigenvalue weighted by atomic mass is 9.89. The van der Waals surface area contributed by atoms with Gasteiger partial charge in [0, 0.05) is 37.7 Å². The van der Waals surface area contributed by atoms with Crippen LogP contribution in [0.25, 0.3) is 11.1 Å². The van der Waals surface area contributed by atoms with Crippen LogP contribution in [-0.2, 0) is 28.4 Å². The van der Waals surface area contributed by atoms with Crippen molar-refractivity contribution >= 4 is 11.9 Å². The minimum absolute atomic E-state index is 0.00119. The van der Waals surface area contributed by atoms with Gasteiger partial charge in [-0.25, -0.2) is 13.5 Å². The maximum Gasteiger partial charge on any atom is 0.419 e. The molecule has 0 spiro atoms. The van der Waals surface area contributed by atoms with Gasteiger partial charge in [-0.05, 0) is 67.5 Å². The minimum Gasteiger partial charge on any atom is -0.481 e. The summed E-state index contributed by atoms with van der Waals surface area (Å²) in [6.07, 6.45) is -13.0. The smallest absolute Gasteiger partial charge is 0.419 e. The molecule has 0 unspecified atom stereocenters. The monoisotopic (exact) mass is 730 g/mol. The molecule has 16 heteroatoms. The zero-order chi connectivity index (χ0) is 38.2. The number of nitrogens with one attached hydrogen (secondary N) is 1. The number of alkyl halides is 7. The number of aryl methyl sites for hydroxylation is 3. The lowest BCUT2D eigenvalue weighted by molar-refractivity contribution is -0.140. The number of benzene rings is 2. The molecule has 1 aromatic heterocycles. The average Bonchev–Trinajstić information content (AvgIpc) is 2.96. The van der Waals surface area contributed by atoms with Crippen molar-refractivity contribution in [2.75, 3.05) is 19.6 Å². The van der Waals surface area contributed by atoms with E-state index in [-0.39, 0.29) is 44.1 Å². The zero-order valence-electron chi connectivity index (χ0n) is 28.5. The van der Waals surface area contributed by atoms with Crippen LogP contribution in [0.3, 0.4) is 0 Å². The highest BCUT2D eigenvalue weighted by Crippen LogP contribution is 2.40. The molecule has 2 heterocycles. The average molecular weight is 731 g/mol. The van der Waals surface area contributed by atoms with E-state index in [4.69, 9.17) is 0 Å². The Morgan fingerprint density at radius 1 is 0.961 bits per heavy atom. The van der Waals surface area contributed by atoms with Crippen molar-refractivity contribution in [1.82, 2.24) is 20.0 Å². The maximum atomic E-state index is 15.8. The van der Waals surface area contributed by atoms with Crippen LogP contribution in [0, 0.1) is 32.5 Å². The highest BCUT2D eigenvalue weighted by Gasteiger charge is 2.40. The van der Waals surface area contributed by atoms with E-state index in [1.165, 1.54) is 4.90 Å². The van der Waals surface area contributed by atoms with E-state index >= 15 is 4.39 Å². The molecule has 1 aliphatic rings. The van der Waals surface area contributed by atoms with Crippen LogP contribution in [-0.4, -0.2) is 57.5 Å². The number of carbonyl (C=O) groups excluding carboxylic acids is 1. The lowest BCUT2D eigenvalue weighted by Gasteiger charge is -2.34. The number of hydrogen-bond acceptors (Lipinski definition) is 5. The van der Waals surface area contributed by atoms with Crippen LogP contribution in [0.15, 0.2) is 35.1 Å². The maximum absolute atomic E-state index is 15.8. The summed E-state index contributed by atoms with van der Waals surface area (Å²) in [5.74, 6) is -5.03. The van der Waals surface area contributed by atoms with Crippen molar-refractivity contribution in [2.45, 2.75) is 84.5 Å². The van der Waals surface area contributed by atoms with Crippen molar-refractivity contribution in [2.24, 2.45) is 5.92 Å². The minimum atomic E-state index is -5.23. The molecule has 2 N–H and O–H groups in total. The summed E-state index contributed by atoms with van der Waals surface area (Å²) in [7, 11) is 0. The van der Waals surface area contributed by atoms with Crippen LogP contribution in [0.1, 0.15) is 77.8 Å². The SMILES string of the molecule is Cc1cc(C)c(-c2cc([C@H](CC(=O)O)NC(=O)[C@H](CC(C)C)n3nc(CCN4CC(F)C4)c(C(F)(F)F)cc3=O)c(F)c(C(F)(F)F)c2)c(C)c1. The molecule has 0 aliphatic carbocycles. The molecule has 3 aromatic rings.